The molecule has 17 heavy (non-hydrogen) atoms. The fraction of sp³-hybridized carbons (Fsp3) is 0.333. The highest BCUT2D eigenvalue weighted by atomic mass is 32.2. The van der Waals surface area contributed by atoms with Crippen LogP contribution in [-0.2, 0) is 0 Å². The highest BCUT2D eigenvalue weighted by Crippen LogP contribution is 2.28. The molecule has 92 valence electrons. The molecule has 0 aliphatic heterocycles. The van der Waals surface area contributed by atoms with E-state index >= 15 is 0 Å². The summed E-state index contributed by atoms with van der Waals surface area (Å²) in [5.74, 6) is 1.64. The fourth-order valence-electron chi connectivity index (χ4n) is 1.34. The van der Waals surface area contributed by atoms with Gasteiger partial charge in [0.05, 0.1) is 12.0 Å². The quantitative estimate of drug-likeness (QED) is 0.458. The van der Waals surface area contributed by atoms with Crippen molar-refractivity contribution < 1.29 is 9.66 Å². The van der Waals surface area contributed by atoms with Gasteiger partial charge in [0.15, 0.2) is 0 Å². The Balaban J connectivity index is 3.08. The predicted octanol–water partition coefficient (Wildman–Crippen LogP) is 3.44. The van der Waals surface area contributed by atoms with Crippen molar-refractivity contribution in [3.8, 4) is 5.75 Å². The Morgan fingerprint density at radius 2 is 2.29 bits per heavy atom. The van der Waals surface area contributed by atoms with Crippen LogP contribution in [0, 0.1) is 10.1 Å². The molecule has 0 aliphatic rings. The van der Waals surface area contributed by atoms with Crippen LogP contribution in [0.5, 0.6) is 5.75 Å². The Morgan fingerprint density at radius 3 is 2.82 bits per heavy atom. The van der Waals surface area contributed by atoms with Crippen molar-refractivity contribution in [2.24, 2.45) is 0 Å². The molecule has 0 fully saturated rings. The molecular formula is C12H15NO3S. The van der Waals surface area contributed by atoms with Crippen molar-refractivity contribution in [2.75, 3.05) is 12.9 Å². The van der Waals surface area contributed by atoms with Gasteiger partial charge < -0.3 is 4.74 Å². The summed E-state index contributed by atoms with van der Waals surface area (Å²) in [5, 5.41) is 10.6. The monoisotopic (exact) mass is 253 g/mol. The maximum Gasteiger partial charge on any atom is 0.243 e. The Morgan fingerprint density at radius 1 is 1.59 bits per heavy atom. The number of nitro groups is 1. The molecule has 1 rings (SSSR count). The van der Waals surface area contributed by atoms with E-state index in [9.17, 15) is 10.1 Å². The van der Waals surface area contributed by atoms with E-state index < -0.39 is 4.92 Å². The molecule has 0 aromatic heterocycles. The van der Waals surface area contributed by atoms with Crippen LogP contribution in [-0.4, -0.2) is 17.8 Å². The van der Waals surface area contributed by atoms with Crippen molar-refractivity contribution in [3.63, 3.8) is 0 Å². The maximum atomic E-state index is 10.6. The van der Waals surface area contributed by atoms with Gasteiger partial charge in [-0.15, -0.1) is 11.8 Å². The van der Waals surface area contributed by atoms with Crippen molar-refractivity contribution in [3.05, 3.63) is 39.6 Å². The van der Waals surface area contributed by atoms with Crippen LogP contribution >= 0.6 is 11.8 Å². The van der Waals surface area contributed by atoms with Gasteiger partial charge in [-0.1, -0.05) is 6.92 Å². The second-order valence-corrected chi connectivity index (χ2v) is 4.72. The van der Waals surface area contributed by atoms with E-state index in [1.807, 2.05) is 18.2 Å². The van der Waals surface area contributed by atoms with Gasteiger partial charge in [0.1, 0.15) is 5.75 Å². The summed E-state index contributed by atoms with van der Waals surface area (Å²) >= 11 is 1.70. The Labute approximate surface area is 105 Å². The molecular weight excluding hydrogens is 238 g/mol. The smallest absolute Gasteiger partial charge is 0.243 e. The minimum absolute atomic E-state index is 0.0965. The van der Waals surface area contributed by atoms with E-state index in [1.54, 1.807) is 18.9 Å². The number of hydrogen-bond acceptors (Lipinski definition) is 4. The summed E-state index contributed by atoms with van der Waals surface area (Å²) in [6.45, 7) is 3.54. The highest BCUT2D eigenvalue weighted by Gasteiger charge is 2.07. The summed E-state index contributed by atoms with van der Waals surface area (Å²) in [7, 11) is 1.56. The topological polar surface area (TPSA) is 52.4 Å². The van der Waals surface area contributed by atoms with Crippen LogP contribution in [0.3, 0.4) is 0 Å². The van der Waals surface area contributed by atoms with Gasteiger partial charge >= 0.3 is 0 Å². The number of nitrogens with zero attached hydrogens (tertiary/aromatic N) is 1. The molecule has 0 unspecified atom stereocenters. The molecule has 0 saturated heterocycles. The van der Waals surface area contributed by atoms with Gasteiger partial charge in [0.25, 0.3) is 0 Å². The van der Waals surface area contributed by atoms with Gasteiger partial charge in [-0.3, -0.25) is 10.1 Å². The number of thioether (sulfide) groups is 1. The molecule has 0 N–H and O–H groups in total. The minimum atomic E-state index is -0.409. The van der Waals surface area contributed by atoms with Gasteiger partial charge in [-0.05, 0) is 24.0 Å². The van der Waals surface area contributed by atoms with Crippen molar-refractivity contribution in [2.45, 2.75) is 18.7 Å². The lowest BCUT2D eigenvalue weighted by molar-refractivity contribution is -0.422. The van der Waals surface area contributed by atoms with Gasteiger partial charge in [-0.2, -0.15) is 0 Å². The minimum Gasteiger partial charge on any atom is -0.496 e. The average Bonchev–Trinajstić information content (AvgIpc) is 2.31. The lowest BCUT2D eigenvalue weighted by Crippen LogP contribution is -1.94. The van der Waals surface area contributed by atoms with Crippen molar-refractivity contribution in [1.29, 1.82) is 0 Å². The third kappa shape index (κ3) is 3.78. The van der Waals surface area contributed by atoms with E-state index in [-0.39, 0.29) is 5.70 Å². The molecule has 4 nitrogen and oxygen atoms in total. The van der Waals surface area contributed by atoms with Crippen LogP contribution in [0.4, 0.5) is 0 Å². The van der Waals surface area contributed by atoms with E-state index in [1.165, 1.54) is 13.0 Å². The van der Waals surface area contributed by atoms with Crippen LogP contribution in [0.2, 0.25) is 0 Å². The highest BCUT2D eigenvalue weighted by molar-refractivity contribution is 7.99. The largest absolute Gasteiger partial charge is 0.496 e. The molecule has 0 heterocycles. The average molecular weight is 253 g/mol. The zero-order valence-electron chi connectivity index (χ0n) is 10.1. The Kier molecular flexibility index (Phi) is 5.03. The summed E-state index contributed by atoms with van der Waals surface area (Å²) in [6.07, 6.45) is 1.51. The first-order valence-electron chi connectivity index (χ1n) is 5.22. The normalized spacial score (nSPS) is 11.4. The molecule has 0 spiro atoms. The molecule has 0 atom stereocenters. The lowest BCUT2D eigenvalue weighted by atomic mass is 10.2. The predicted molar refractivity (Wildman–Crippen MR) is 70.0 cm³/mol. The van der Waals surface area contributed by atoms with Gasteiger partial charge in [-0.25, -0.2) is 0 Å². The molecule has 0 bridgehead atoms. The van der Waals surface area contributed by atoms with Crippen LogP contribution in [0.25, 0.3) is 6.08 Å². The molecule has 0 saturated carbocycles. The molecule has 0 radical (unpaired) electrons. The zero-order chi connectivity index (χ0) is 12.8. The second-order valence-electron chi connectivity index (χ2n) is 3.38. The van der Waals surface area contributed by atoms with Crippen molar-refractivity contribution >= 4 is 17.8 Å². The fourth-order valence-corrected chi connectivity index (χ4v) is 2.03. The molecule has 5 heteroatoms. The molecule has 0 aliphatic carbocycles. The summed E-state index contributed by atoms with van der Waals surface area (Å²) in [6, 6.07) is 5.67. The molecule has 1 aromatic carbocycles. The van der Waals surface area contributed by atoms with Crippen LogP contribution in [0.1, 0.15) is 19.4 Å². The van der Waals surface area contributed by atoms with Gasteiger partial charge in [0.2, 0.25) is 5.70 Å². The number of benzene rings is 1. The van der Waals surface area contributed by atoms with E-state index in [2.05, 4.69) is 6.92 Å². The Hall–Kier alpha value is -1.49. The summed E-state index contributed by atoms with van der Waals surface area (Å²) in [4.78, 5) is 11.3. The van der Waals surface area contributed by atoms with Gasteiger partial charge in [0, 0.05) is 23.5 Å². The van der Waals surface area contributed by atoms with Crippen molar-refractivity contribution in [1.82, 2.24) is 0 Å². The molecule has 1 aromatic rings. The van der Waals surface area contributed by atoms with E-state index in [4.69, 9.17) is 4.74 Å². The van der Waals surface area contributed by atoms with E-state index in [0.717, 1.165) is 16.2 Å². The lowest BCUT2D eigenvalue weighted by Gasteiger charge is -2.07. The number of hydrogen-bond donors (Lipinski definition) is 0. The van der Waals surface area contributed by atoms with E-state index in [0.29, 0.717) is 5.75 Å². The second kappa shape index (κ2) is 6.30. The first-order valence-corrected chi connectivity index (χ1v) is 6.20. The first-order chi connectivity index (χ1) is 8.08. The number of allylic oxidation sites excluding steroid dienone is 1. The number of rotatable bonds is 5. The maximum absolute atomic E-state index is 10.6. The SMILES string of the molecule is CCSc1ccc(/C=C(\C)[N+](=O)[O-])c(OC)c1. The van der Waals surface area contributed by atoms with Crippen LogP contribution in [0.15, 0.2) is 28.8 Å². The standard InChI is InChI=1S/C12H15NO3S/c1-4-17-11-6-5-10(12(8-11)16-3)7-9(2)13(14)15/h5-8H,4H2,1-3H3/b9-7+. The number of ether oxygens (including phenoxy) is 1. The third-order valence-corrected chi connectivity index (χ3v) is 3.04. The third-order valence-electron chi connectivity index (χ3n) is 2.17. The van der Waals surface area contributed by atoms with Crippen LogP contribution < -0.4 is 4.74 Å². The summed E-state index contributed by atoms with van der Waals surface area (Å²) in [5.41, 5.74) is 0.821. The first kappa shape index (κ1) is 13.6. The molecule has 0 amide bonds. The number of methoxy groups -OCH3 is 1. The Bertz CT molecular complexity index is 443. The zero-order valence-corrected chi connectivity index (χ0v) is 10.9. The summed E-state index contributed by atoms with van der Waals surface area (Å²) < 4.78 is 5.23.